The first-order chi connectivity index (χ1) is 10.9. The largest absolute Gasteiger partial charge is 0.427 e. The average molecular weight is 313 g/mol. The van der Waals surface area contributed by atoms with Gasteiger partial charge in [-0.1, -0.05) is 18.2 Å². The van der Waals surface area contributed by atoms with Crippen LogP contribution in [0.15, 0.2) is 36.4 Å². The zero-order chi connectivity index (χ0) is 16.4. The Bertz CT molecular complexity index is 770. The molecule has 0 aromatic heterocycles. The highest BCUT2D eigenvalue weighted by Crippen LogP contribution is 2.52. The van der Waals surface area contributed by atoms with Gasteiger partial charge in [0.1, 0.15) is 5.75 Å². The number of benzene rings is 1. The summed E-state index contributed by atoms with van der Waals surface area (Å²) >= 11 is 0. The van der Waals surface area contributed by atoms with E-state index in [1.165, 1.54) is 17.9 Å². The van der Waals surface area contributed by atoms with Gasteiger partial charge in [-0.2, -0.15) is 0 Å². The van der Waals surface area contributed by atoms with Gasteiger partial charge < -0.3 is 9.47 Å². The van der Waals surface area contributed by atoms with Crippen LogP contribution in [0.5, 0.6) is 5.75 Å². The predicted octanol–water partition coefficient (Wildman–Crippen LogP) is 1.44. The molecule has 0 spiro atoms. The Morgan fingerprint density at radius 2 is 2.09 bits per heavy atom. The summed E-state index contributed by atoms with van der Waals surface area (Å²) in [5, 5.41) is 0. The first-order valence-electron chi connectivity index (χ1n) is 7.44. The Hall–Kier alpha value is -2.47. The first-order valence-corrected chi connectivity index (χ1v) is 7.44. The fraction of sp³-hybridized carbons (Fsp3) is 0.353. The molecule has 0 saturated carbocycles. The van der Waals surface area contributed by atoms with Crippen LogP contribution < -0.4 is 9.64 Å². The third kappa shape index (κ3) is 1.88. The molecule has 1 aromatic carbocycles. The molecule has 6 heteroatoms. The van der Waals surface area contributed by atoms with E-state index in [2.05, 4.69) is 0 Å². The van der Waals surface area contributed by atoms with Gasteiger partial charge >= 0.3 is 5.97 Å². The average Bonchev–Trinajstić information content (AvgIpc) is 3.08. The maximum atomic E-state index is 12.8. The van der Waals surface area contributed by atoms with Gasteiger partial charge in [-0.15, -0.1) is 0 Å². The third-order valence-corrected chi connectivity index (χ3v) is 4.67. The highest BCUT2D eigenvalue weighted by Gasteiger charge is 2.66. The normalized spacial score (nSPS) is 34.2. The number of hydrogen-bond donors (Lipinski definition) is 0. The number of esters is 1. The molecule has 3 aliphatic heterocycles. The van der Waals surface area contributed by atoms with E-state index in [-0.39, 0.29) is 17.9 Å². The van der Waals surface area contributed by atoms with Crippen LogP contribution in [0.2, 0.25) is 0 Å². The van der Waals surface area contributed by atoms with Crippen molar-refractivity contribution >= 4 is 23.5 Å². The fourth-order valence-electron chi connectivity index (χ4n) is 3.76. The second kappa shape index (κ2) is 4.52. The van der Waals surface area contributed by atoms with Crippen LogP contribution in [0.25, 0.3) is 0 Å². The van der Waals surface area contributed by atoms with Gasteiger partial charge in [-0.3, -0.25) is 14.4 Å². The molecule has 3 aliphatic rings. The molecule has 1 aromatic rings. The minimum atomic E-state index is -0.718. The SMILES string of the molecule is CC(=O)Oc1cccc(N2C(=O)[C@H]3[C@H]4C=C[C@@](C)(O4)[C@H]3C2=O)c1. The molecular formula is C17H15NO5. The summed E-state index contributed by atoms with van der Waals surface area (Å²) in [4.78, 5) is 37.8. The van der Waals surface area contributed by atoms with Gasteiger partial charge in [0, 0.05) is 13.0 Å². The van der Waals surface area contributed by atoms with Gasteiger partial charge in [0.2, 0.25) is 11.8 Å². The van der Waals surface area contributed by atoms with E-state index in [9.17, 15) is 14.4 Å². The quantitative estimate of drug-likeness (QED) is 0.357. The van der Waals surface area contributed by atoms with Crippen LogP contribution in [0.1, 0.15) is 13.8 Å². The Morgan fingerprint density at radius 3 is 2.78 bits per heavy atom. The Labute approximate surface area is 132 Å². The van der Waals surface area contributed by atoms with Crippen LogP contribution in [-0.2, 0) is 19.1 Å². The summed E-state index contributed by atoms with van der Waals surface area (Å²) in [6, 6.07) is 6.43. The molecule has 2 bridgehead atoms. The number of nitrogens with zero attached hydrogens (tertiary/aromatic N) is 1. The van der Waals surface area contributed by atoms with E-state index in [0.717, 1.165) is 0 Å². The zero-order valence-corrected chi connectivity index (χ0v) is 12.7. The van der Waals surface area contributed by atoms with Crippen molar-refractivity contribution in [3.8, 4) is 5.75 Å². The molecule has 6 nitrogen and oxygen atoms in total. The van der Waals surface area contributed by atoms with Gasteiger partial charge in [-0.05, 0) is 19.1 Å². The molecular weight excluding hydrogens is 298 g/mol. The van der Waals surface area contributed by atoms with Gasteiger partial charge in [0.15, 0.2) is 0 Å². The highest BCUT2D eigenvalue weighted by atomic mass is 16.5. The minimum absolute atomic E-state index is 0.266. The Balaban J connectivity index is 1.70. The Kier molecular flexibility index (Phi) is 2.78. The van der Waals surface area contributed by atoms with Crippen LogP contribution in [0, 0.1) is 11.8 Å². The summed E-state index contributed by atoms with van der Waals surface area (Å²) in [6.07, 6.45) is 3.37. The molecule has 4 rings (SSSR count). The topological polar surface area (TPSA) is 72.9 Å². The summed E-state index contributed by atoms with van der Waals surface area (Å²) in [6.45, 7) is 3.13. The van der Waals surface area contributed by atoms with Gasteiger partial charge in [0.05, 0.1) is 29.2 Å². The monoisotopic (exact) mass is 313 g/mol. The zero-order valence-electron chi connectivity index (χ0n) is 12.7. The molecule has 0 aliphatic carbocycles. The van der Waals surface area contributed by atoms with Crippen molar-refractivity contribution in [1.29, 1.82) is 0 Å². The van der Waals surface area contributed by atoms with Gasteiger partial charge in [0.25, 0.3) is 0 Å². The Morgan fingerprint density at radius 1 is 1.30 bits per heavy atom. The van der Waals surface area contributed by atoms with E-state index in [1.54, 1.807) is 18.2 Å². The molecule has 23 heavy (non-hydrogen) atoms. The van der Waals surface area contributed by atoms with E-state index in [0.29, 0.717) is 11.4 Å². The fourth-order valence-corrected chi connectivity index (χ4v) is 3.76. The molecule has 0 N–H and O–H groups in total. The molecule has 0 unspecified atom stereocenters. The number of amides is 2. The summed E-state index contributed by atoms with van der Waals surface area (Å²) in [5.74, 6) is -1.66. The van der Waals surface area contributed by atoms with Crippen LogP contribution in [-0.4, -0.2) is 29.5 Å². The number of carbonyl (C=O) groups is 3. The van der Waals surface area contributed by atoms with Crippen molar-refractivity contribution < 1.29 is 23.9 Å². The first kappa shape index (κ1) is 14.1. The number of rotatable bonds is 2. The van der Waals surface area contributed by atoms with Crippen molar-refractivity contribution in [3.63, 3.8) is 0 Å². The van der Waals surface area contributed by atoms with Crippen molar-refractivity contribution in [2.45, 2.75) is 25.6 Å². The van der Waals surface area contributed by atoms with Crippen molar-refractivity contribution in [1.82, 2.24) is 0 Å². The van der Waals surface area contributed by atoms with Crippen molar-refractivity contribution in [2.24, 2.45) is 11.8 Å². The van der Waals surface area contributed by atoms with E-state index >= 15 is 0 Å². The number of anilines is 1. The summed E-state index contributed by atoms with van der Waals surface area (Å²) in [5.41, 5.74) is -0.305. The second-order valence-electron chi connectivity index (χ2n) is 6.23. The van der Waals surface area contributed by atoms with Crippen LogP contribution >= 0.6 is 0 Å². The molecule has 0 radical (unpaired) electrons. The van der Waals surface area contributed by atoms with Gasteiger partial charge in [-0.25, -0.2) is 4.90 Å². The number of hydrogen-bond acceptors (Lipinski definition) is 5. The number of imide groups is 1. The van der Waals surface area contributed by atoms with Crippen LogP contribution in [0.3, 0.4) is 0 Å². The van der Waals surface area contributed by atoms with E-state index in [1.807, 2.05) is 19.1 Å². The van der Waals surface area contributed by atoms with Crippen LogP contribution in [0.4, 0.5) is 5.69 Å². The lowest BCUT2D eigenvalue weighted by Crippen LogP contribution is -2.38. The smallest absolute Gasteiger partial charge is 0.308 e. The second-order valence-corrected chi connectivity index (χ2v) is 6.23. The standard InChI is InChI=1S/C17H15NO5/c1-9(19)22-11-5-3-4-10(8-11)18-15(20)13-12-6-7-17(2,23-12)14(13)16(18)21/h3-8,12-14H,1-2H3/t12-,13+,14-,17-/m1/s1. The molecule has 4 atom stereocenters. The molecule has 2 amide bonds. The summed E-state index contributed by atoms with van der Waals surface area (Å²) < 4.78 is 10.8. The maximum Gasteiger partial charge on any atom is 0.308 e. The lowest BCUT2D eigenvalue weighted by atomic mass is 9.78. The highest BCUT2D eigenvalue weighted by molar-refractivity contribution is 6.23. The maximum absolute atomic E-state index is 12.8. The van der Waals surface area contributed by atoms with Crippen molar-refractivity contribution in [2.75, 3.05) is 4.90 Å². The molecule has 2 fully saturated rings. The minimum Gasteiger partial charge on any atom is -0.427 e. The predicted molar refractivity (Wildman–Crippen MR) is 79.6 cm³/mol. The lowest BCUT2D eigenvalue weighted by molar-refractivity contribution is -0.132. The number of fused-ring (bicyclic) bond motifs is 5. The summed E-state index contributed by atoms with van der Waals surface area (Å²) in [7, 11) is 0. The van der Waals surface area contributed by atoms with Crippen molar-refractivity contribution in [3.05, 3.63) is 36.4 Å². The number of carbonyl (C=O) groups excluding carboxylic acids is 3. The van der Waals surface area contributed by atoms with E-state index in [4.69, 9.17) is 9.47 Å². The molecule has 2 saturated heterocycles. The van der Waals surface area contributed by atoms with E-state index < -0.39 is 23.4 Å². The number of ether oxygens (including phenoxy) is 2. The molecule has 3 heterocycles. The lowest BCUT2D eigenvalue weighted by Gasteiger charge is -2.24. The third-order valence-electron chi connectivity index (χ3n) is 4.67. The molecule has 118 valence electrons.